The summed E-state index contributed by atoms with van der Waals surface area (Å²) in [7, 11) is -3.06. The maximum Gasteiger partial charge on any atom is 0.175 e. The van der Waals surface area contributed by atoms with Gasteiger partial charge in [0.2, 0.25) is 0 Å². The second kappa shape index (κ2) is 3.24. The zero-order valence-electron chi connectivity index (χ0n) is 7.92. The van der Waals surface area contributed by atoms with E-state index in [4.69, 9.17) is 0 Å². The summed E-state index contributed by atoms with van der Waals surface area (Å²) in [5, 5.41) is 0. The number of hydrogen-bond acceptors (Lipinski definition) is 2. The van der Waals surface area contributed by atoms with E-state index in [-0.39, 0.29) is 5.92 Å². The van der Waals surface area contributed by atoms with E-state index in [1.54, 1.807) is 6.08 Å². The lowest BCUT2D eigenvalue weighted by Gasteiger charge is -2.22. The molecule has 0 saturated heterocycles. The van der Waals surface area contributed by atoms with Crippen LogP contribution in [0.15, 0.2) is 47.4 Å². The van der Waals surface area contributed by atoms with Crippen molar-refractivity contribution in [2.75, 3.05) is 6.26 Å². The van der Waals surface area contributed by atoms with E-state index in [1.165, 1.54) is 6.26 Å². The van der Waals surface area contributed by atoms with Crippen LogP contribution in [0.4, 0.5) is 0 Å². The van der Waals surface area contributed by atoms with Gasteiger partial charge in [0.1, 0.15) is 0 Å². The van der Waals surface area contributed by atoms with Crippen molar-refractivity contribution < 1.29 is 8.42 Å². The summed E-state index contributed by atoms with van der Waals surface area (Å²) in [4.78, 5) is 0.429. The van der Waals surface area contributed by atoms with Crippen LogP contribution in [0.25, 0.3) is 0 Å². The first-order valence-corrected chi connectivity index (χ1v) is 6.41. The number of allylic oxidation sites excluding steroid dienone is 7. The van der Waals surface area contributed by atoms with Gasteiger partial charge < -0.3 is 0 Å². The third-order valence-electron chi connectivity index (χ3n) is 2.49. The molecule has 2 rings (SSSR count). The highest BCUT2D eigenvalue weighted by molar-refractivity contribution is 7.94. The van der Waals surface area contributed by atoms with Crippen molar-refractivity contribution in [3.05, 3.63) is 47.4 Å². The fourth-order valence-electron chi connectivity index (χ4n) is 1.70. The maximum absolute atomic E-state index is 11.3. The molecule has 0 fully saturated rings. The van der Waals surface area contributed by atoms with E-state index in [1.807, 2.05) is 30.4 Å². The van der Waals surface area contributed by atoms with Gasteiger partial charge in [-0.3, -0.25) is 0 Å². The standard InChI is InChI=1S/C11H12O2S/c1-14(12,13)11-7-6-9-4-2-3-5-10(9)8-11/h2-10H,1H3. The number of fused-ring (bicyclic) bond motifs is 1. The summed E-state index contributed by atoms with van der Waals surface area (Å²) < 4.78 is 22.6. The zero-order chi connectivity index (χ0) is 10.2. The smallest absolute Gasteiger partial charge is 0.175 e. The Hall–Kier alpha value is -1.09. The molecule has 0 heterocycles. The Kier molecular flexibility index (Phi) is 2.19. The first-order valence-electron chi connectivity index (χ1n) is 4.52. The first-order chi connectivity index (χ1) is 6.57. The molecule has 0 saturated carbocycles. The van der Waals surface area contributed by atoms with Gasteiger partial charge >= 0.3 is 0 Å². The third kappa shape index (κ3) is 1.73. The van der Waals surface area contributed by atoms with E-state index < -0.39 is 9.84 Å². The monoisotopic (exact) mass is 208 g/mol. The minimum Gasteiger partial charge on any atom is -0.224 e. The number of hydrogen-bond donors (Lipinski definition) is 0. The predicted octanol–water partition coefficient (Wildman–Crippen LogP) is 1.84. The maximum atomic E-state index is 11.3. The minimum absolute atomic E-state index is 0.203. The van der Waals surface area contributed by atoms with Crippen molar-refractivity contribution in [3.63, 3.8) is 0 Å². The van der Waals surface area contributed by atoms with E-state index >= 15 is 0 Å². The van der Waals surface area contributed by atoms with Gasteiger partial charge in [0.25, 0.3) is 0 Å². The summed E-state index contributed by atoms with van der Waals surface area (Å²) >= 11 is 0. The number of rotatable bonds is 1. The molecule has 0 aromatic rings. The van der Waals surface area contributed by atoms with Crippen LogP contribution in [0.3, 0.4) is 0 Å². The van der Waals surface area contributed by atoms with Crippen LogP contribution in [-0.2, 0) is 9.84 Å². The molecule has 0 amide bonds. The molecule has 14 heavy (non-hydrogen) atoms. The van der Waals surface area contributed by atoms with Crippen molar-refractivity contribution in [2.45, 2.75) is 0 Å². The third-order valence-corrected chi connectivity index (χ3v) is 3.62. The highest BCUT2D eigenvalue weighted by Gasteiger charge is 2.21. The molecule has 0 aromatic carbocycles. The molecule has 2 atom stereocenters. The SMILES string of the molecule is CS(=O)(=O)C1=CC2C=CC=CC2C=C1. The summed E-state index contributed by atoms with van der Waals surface area (Å²) in [6.07, 6.45) is 14.8. The Morgan fingerprint density at radius 3 is 2.36 bits per heavy atom. The molecule has 0 spiro atoms. The van der Waals surface area contributed by atoms with Crippen LogP contribution in [0.1, 0.15) is 0 Å². The van der Waals surface area contributed by atoms with Crippen LogP contribution < -0.4 is 0 Å². The zero-order valence-corrected chi connectivity index (χ0v) is 8.74. The van der Waals surface area contributed by atoms with E-state index in [0.29, 0.717) is 10.8 Å². The highest BCUT2D eigenvalue weighted by Crippen LogP contribution is 2.29. The van der Waals surface area contributed by atoms with Crippen molar-refractivity contribution in [3.8, 4) is 0 Å². The van der Waals surface area contributed by atoms with Crippen LogP contribution in [0, 0.1) is 11.8 Å². The Bertz CT molecular complexity index is 450. The van der Waals surface area contributed by atoms with Crippen molar-refractivity contribution in [1.82, 2.24) is 0 Å². The molecule has 74 valence electrons. The molecule has 2 unspecified atom stereocenters. The molecule has 0 N–H and O–H groups in total. The van der Waals surface area contributed by atoms with Gasteiger partial charge in [-0.2, -0.15) is 0 Å². The Morgan fingerprint density at radius 1 is 1.07 bits per heavy atom. The largest absolute Gasteiger partial charge is 0.224 e. The molecule has 2 nitrogen and oxygen atoms in total. The van der Waals surface area contributed by atoms with Crippen molar-refractivity contribution in [2.24, 2.45) is 11.8 Å². The van der Waals surface area contributed by atoms with Gasteiger partial charge in [0.05, 0.1) is 4.91 Å². The second-order valence-corrected chi connectivity index (χ2v) is 5.64. The minimum atomic E-state index is -3.06. The van der Waals surface area contributed by atoms with Crippen LogP contribution >= 0.6 is 0 Å². The fraction of sp³-hybridized carbons (Fsp3) is 0.273. The Labute approximate surface area is 84.2 Å². The Morgan fingerprint density at radius 2 is 1.71 bits per heavy atom. The van der Waals surface area contributed by atoms with E-state index in [0.717, 1.165) is 0 Å². The van der Waals surface area contributed by atoms with Gasteiger partial charge in [0, 0.05) is 18.1 Å². The summed E-state index contributed by atoms with van der Waals surface area (Å²) in [6, 6.07) is 0. The molecule has 0 radical (unpaired) electrons. The van der Waals surface area contributed by atoms with Gasteiger partial charge in [-0.05, 0) is 6.08 Å². The second-order valence-electron chi connectivity index (χ2n) is 3.62. The van der Waals surface area contributed by atoms with Crippen LogP contribution in [0.2, 0.25) is 0 Å². The quantitative estimate of drug-likeness (QED) is 0.659. The van der Waals surface area contributed by atoms with Gasteiger partial charge in [0.15, 0.2) is 9.84 Å². The lowest BCUT2D eigenvalue weighted by Crippen LogP contribution is -2.14. The topological polar surface area (TPSA) is 34.1 Å². The van der Waals surface area contributed by atoms with Crippen molar-refractivity contribution in [1.29, 1.82) is 0 Å². The van der Waals surface area contributed by atoms with Crippen molar-refractivity contribution >= 4 is 9.84 Å². The average Bonchev–Trinajstić information content (AvgIpc) is 2.16. The van der Waals surface area contributed by atoms with Gasteiger partial charge in [-0.25, -0.2) is 8.42 Å². The molecule has 0 aliphatic heterocycles. The highest BCUT2D eigenvalue weighted by atomic mass is 32.2. The van der Waals surface area contributed by atoms with E-state index in [2.05, 4.69) is 6.08 Å². The summed E-state index contributed by atoms with van der Waals surface area (Å²) in [5.41, 5.74) is 0. The van der Waals surface area contributed by atoms with Gasteiger partial charge in [-0.1, -0.05) is 36.5 Å². The normalized spacial score (nSPS) is 29.9. The average molecular weight is 208 g/mol. The lowest BCUT2D eigenvalue weighted by molar-refractivity contribution is 0.605. The molecule has 2 aliphatic carbocycles. The molecule has 2 aliphatic rings. The van der Waals surface area contributed by atoms with E-state index in [9.17, 15) is 8.42 Å². The molecule has 0 aromatic heterocycles. The lowest BCUT2D eigenvalue weighted by atomic mass is 9.85. The molecule has 3 heteroatoms. The van der Waals surface area contributed by atoms with Crippen LogP contribution in [-0.4, -0.2) is 14.7 Å². The molecule has 0 bridgehead atoms. The molecular weight excluding hydrogens is 196 g/mol. The van der Waals surface area contributed by atoms with Gasteiger partial charge in [-0.15, -0.1) is 0 Å². The fourth-order valence-corrected chi connectivity index (χ4v) is 2.43. The first kappa shape index (κ1) is 9.46. The summed E-state index contributed by atoms with van der Waals surface area (Å²) in [5.74, 6) is 0.528. The number of sulfone groups is 1. The van der Waals surface area contributed by atoms with Crippen LogP contribution in [0.5, 0.6) is 0 Å². The summed E-state index contributed by atoms with van der Waals surface area (Å²) in [6.45, 7) is 0. The predicted molar refractivity (Wildman–Crippen MR) is 57.3 cm³/mol. The Balaban J connectivity index is 2.36. The molecular formula is C11H12O2S.